The van der Waals surface area contributed by atoms with Gasteiger partial charge < -0.3 is 14.7 Å². The van der Waals surface area contributed by atoms with Gasteiger partial charge in [0.2, 0.25) is 0 Å². The molecule has 1 aromatic carbocycles. The molecule has 0 spiro atoms. The Labute approximate surface area is 170 Å². The highest BCUT2D eigenvalue weighted by atomic mass is 127. The molecule has 8 heteroatoms. The largest absolute Gasteiger partial charge is 0.364 e. The van der Waals surface area contributed by atoms with Crippen LogP contribution in [0.5, 0.6) is 0 Å². The fourth-order valence-electron chi connectivity index (χ4n) is 2.89. The maximum absolute atomic E-state index is 13.3. The van der Waals surface area contributed by atoms with E-state index in [0.29, 0.717) is 6.54 Å². The Morgan fingerprint density at radius 2 is 2.08 bits per heavy atom. The van der Waals surface area contributed by atoms with Crippen LogP contribution in [-0.2, 0) is 13.1 Å². The van der Waals surface area contributed by atoms with Crippen molar-refractivity contribution in [1.82, 2.24) is 20.3 Å². The molecule has 1 aliphatic rings. The maximum atomic E-state index is 13.3. The summed E-state index contributed by atoms with van der Waals surface area (Å²) in [5.74, 6) is 0.659. The van der Waals surface area contributed by atoms with Gasteiger partial charge in [0.25, 0.3) is 0 Å². The first kappa shape index (κ1) is 20.6. The molecule has 0 saturated carbocycles. The van der Waals surface area contributed by atoms with Crippen molar-refractivity contribution in [3.63, 3.8) is 0 Å². The third-order valence-electron chi connectivity index (χ3n) is 4.18. The summed E-state index contributed by atoms with van der Waals surface area (Å²) in [5.41, 5.74) is 1.83. The predicted molar refractivity (Wildman–Crippen MR) is 110 cm³/mol. The number of piperazine rings is 1. The third-order valence-corrected chi connectivity index (χ3v) is 4.18. The van der Waals surface area contributed by atoms with Crippen LogP contribution in [0.15, 0.2) is 46.1 Å². The lowest BCUT2D eigenvalue weighted by Gasteiger charge is -2.36. The minimum atomic E-state index is -0.223. The summed E-state index contributed by atoms with van der Waals surface area (Å²) in [6.07, 6.45) is 1.61. The van der Waals surface area contributed by atoms with Crippen molar-refractivity contribution in [2.45, 2.75) is 20.0 Å². The molecule has 0 atom stereocenters. The zero-order chi connectivity index (χ0) is 17.5. The van der Waals surface area contributed by atoms with E-state index in [0.717, 1.165) is 56.5 Å². The Balaban J connectivity index is 0.00000243. The van der Waals surface area contributed by atoms with Gasteiger partial charge in [-0.25, -0.2) is 9.38 Å². The van der Waals surface area contributed by atoms with Gasteiger partial charge in [-0.3, -0.25) is 4.90 Å². The fraction of sp³-hybridized carbons (Fsp3) is 0.444. The molecule has 2 aromatic rings. The SMILES string of the molecule is CCNC(=NCc1cccc(F)c1)N1CCN(Cc2ccon2)CC1.I. The summed E-state index contributed by atoms with van der Waals surface area (Å²) < 4.78 is 18.2. The van der Waals surface area contributed by atoms with Crippen LogP contribution in [0.25, 0.3) is 0 Å². The van der Waals surface area contributed by atoms with Gasteiger partial charge in [-0.2, -0.15) is 0 Å². The molecule has 1 N–H and O–H groups in total. The van der Waals surface area contributed by atoms with E-state index < -0.39 is 0 Å². The number of halogens is 2. The zero-order valence-electron chi connectivity index (χ0n) is 14.9. The second kappa shape index (κ2) is 10.5. The molecule has 6 nitrogen and oxygen atoms in total. The van der Waals surface area contributed by atoms with E-state index in [1.807, 2.05) is 12.1 Å². The van der Waals surface area contributed by atoms with Gasteiger partial charge in [0.1, 0.15) is 12.1 Å². The number of benzene rings is 1. The molecule has 2 heterocycles. The number of nitrogens with zero attached hydrogens (tertiary/aromatic N) is 4. The van der Waals surface area contributed by atoms with Gasteiger partial charge in [-0.1, -0.05) is 17.3 Å². The lowest BCUT2D eigenvalue weighted by Crippen LogP contribution is -2.52. The van der Waals surface area contributed by atoms with E-state index in [1.54, 1.807) is 12.3 Å². The van der Waals surface area contributed by atoms with Crippen molar-refractivity contribution in [3.8, 4) is 0 Å². The predicted octanol–water partition coefficient (Wildman–Crippen LogP) is 2.72. The number of rotatable bonds is 5. The van der Waals surface area contributed by atoms with Crippen molar-refractivity contribution in [2.75, 3.05) is 32.7 Å². The summed E-state index contributed by atoms with van der Waals surface area (Å²) >= 11 is 0. The monoisotopic (exact) mass is 473 g/mol. The summed E-state index contributed by atoms with van der Waals surface area (Å²) in [6, 6.07) is 8.49. The fourth-order valence-corrected chi connectivity index (χ4v) is 2.89. The Hall–Kier alpha value is -1.68. The van der Waals surface area contributed by atoms with E-state index in [9.17, 15) is 4.39 Å². The van der Waals surface area contributed by atoms with Crippen LogP contribution in [0.3, 0.4) is 0 Å². The van der Waals surface area contributed by atoms with E-state index in [1.165, 1.54) is 12.1 Å². The van der Waals surface area contributed by atoms with Gasteiger partial charge in [-0.15, -0.1) is 24.0 Å². The van der Waals surface area contributed by atoms with Crippen molar-refractivity contribution in [3.05, 3.63) is 53.7 Å². The first-order valence-corrected chi connectivity index (χ1v) is 8.64. The zero-order valence-corrected chi connectivity index (χ0v) is 17.2. The third kappa shape index (κ3) is 5.94. The number of hydrogen-bond donors (Lipinski definition) is 1. The molecule has 3 rings (SSSR count). The van der Waals surface area contributed by atoms with Gasteiger partial charge >= 0.3 is 0 Å². The lowest BCUT2D eigenvalue weighted by molar-refractivity contribution is 0.169. The quantitative estimate of drug-likeness (QED) is 0.411. The highest BCUT2D eigenvalue weighted by Gasteiger charge is 2.20. The molecule has 1 aromatic heterocycles. The molecule has 0 radical (unpaired) electrons. The second-order valence-corrected chi connectivity index (χ2v) is 6.05. The maximum Gasteiger partial charge on any atom is 0.194 e. The van der Waals surface area contributed by atoms with Crippen LogP contribution in [0.1, 0.15) is 18.2 Å². The number of aromatic nitrogens is 1. The van der Waals surface area contributed by atoms with Crippen molar-refractivity contribution in [2.24, 2.45) is 4.99 Å². The standard InChI is InChI=1S/C18H24FN5O.HI/c1-2-20-18(21-13-15-4-3-5-16(19)12-15)24-9-7-23(8-10-24)14-17-6-11-25-22-17;/h3-6,11-12H,2,7-10,13-14H2,1H3,(H,20,21);1H. The van der Waals surface area contributed by atoms with Crippen LogP contribution in [0.2, 0.25) is 0 Å². The van der Waals surface area contributed by atoms with E-state index in [4.69, 9.17) is 4.52 Å². The van der Waals surface area contributed by atoms with Crippen LogP contribution in [0, 0.1) is 5.82 Å². The van der Waals surface area contributed by atoms with E-state index in [-0.39, 0.29) is 29.8 Å². The highest BCUT2D eigenvalue weighted by molar-refractivity contribution is 14.0. The molecule has 1 fully saturated rings. The average Bonchev–Trinajstić information content (AvgIpc) is 3.12. The number of nitrogens with one attached hydrogen (secondary N) is 1. The van der Waals surface area contributed by atoms with Gasteiger partial charge in [0.05, 0.1) is 12.2 Å². The molecule has 0 amide bonds. The van der Waals surface area contributed by atoms with Gasteiger partial charge in [-0.05, 0) is 24.6 Å². The Bertz CT molecular complexity index is 687. The first-order chi connectivity index (χ1) is 12.2. The Morgan fingerprint density at radius 1 is 1.27 bits per heavy atom. The summed E-state index contributed by atoms with van der Waals surface area (Å²) in [6.45, 7) is 7.81. The van der Waals surface area contributed by atoms with Crippen molar-refractivity contribution >= 4 is 29.9 Å². The molecule has 0 unspecified atom stereocenters. The molecule has 0 bridgehead atoms. The van der Waals surface area contributed by atoms with Crippen molar-refractivity contribution in [1.29, 1.82) is 0 Å². The summed E-state index contributed by atoms with van der Waals surface area (Å²) in [5, 5.41) is 7.30. The molecule has 1 aliphatic heterocycles. The Kier molecular flexibility index (Phi) is 8.30. The van der Waals surface area contributed by atoms with Crippen LogP contribution >= 0.6 is 24.0 Å². The molecule has 26 heavy (non-hydrogen) atoms. The smallest absolute Gasteiger partial charge is 0.194 e. The number of hydrogen-bond acceptors (Lipinski definition) is 4. The lowest BCUT2D eigenvalue weighted by atomic mass is 10.2. The first-order valence-electron chi connectivity index (χ1n) is 8.64. The van der Waals surface area contributed by atoms with Gasteiger partial charge in [0, 0.05) is 45.3 Å². The minimum Gasteiger partial charge on any atom is -0.364 e. The second-order valence-electron chi connectivity index (χ2n) is 6.05. The topological polar surface area (TPSA) is 56.9 Å². The van der Waals surface area contributed by atoms with Crippen LogP contribution in [0.4, 0.5) is 4.39 Å². The van der Waals surface area contributed by atoms with E-state index >= 15 is 0 Å². The molecular formula is C18H25FIN5O. The number of guanidine groups is 1. The highest BCUT2D eigenvalue weighted by Crippen LogP contribution is 2.09. The Morgan fingerprint density at radius 3 is 2.73 bits per heavy atom. The van der Waals surface area contributed by atoms with Crippen LogP contribution in [-0.4, -0.2) is 53.6 Å². The minimum absolute atomic E-state index is 0. The molecule has 0 aliphatic carbocycles. The summed E-state index contributed by atoms with van der Waals surface area (Å²) in [7, 11) is 0. The summed E-state index contributed by atoms with van der Waals surface area (Å²) in [4.78, 5) is 9.27. The average molecular weight is 473 g/mol. The van der Waals surface area contributed by atoms with E-state index in [2.05, 4.69) is 32.2 Å². The molecule has 142 valence electrons. The van der Waals surface area contributed by atoms with Gasteiger partial charge in [0.15, 0.2) is 5.96 Å². The molecule has 1 saturated heterocycles. The number of aliphatic imine (C=N–C) groups is 1. The normalized spacial score (nSPS) is 15.6. The van der Waals surface area contributed by atoms with Crippen LogP contribution < -0.4 is 5.32 Å². The van der Waals surface area contributed by atoms with Crippen molar-refractivity contribution < 1.29 is 8.91 Å². The molecular weight excluding hydrogens is 448 g/mol.